The maximum atomic E-state index is 11.9. The topological polar surface area (TPSA) is 58.9 Å². The fourth-order valence-electron chi connectivity index (χ4n) is 2.96. The Bertz CT molecular complexity index is 872. The van der Waals surface area contributed by atoms with Crippen LogP contribution in [0.15, 0.2) is 35.4 Å². The van der Waals surface area contributed by atoms with Crippen LogP contribution in [0.3, 0.4) is 0 Å². The minimum absolute atomic E-state index is 0.306. The van der Waals surface area contributed by atoms with Gasteiger partial charge in [-0.05, 0) is 69.7 Å². The molecule has 0 bridgehead atoms. The van der Waals surface area contributed by atoms with Crippen LogP contribution in [0.4, 0.5) is 0 Å². The van der Waals surface area contributed by atoms with Crippen LogP contribution in [-0.2, 0) is 4.74 Å². The summed E-state index contributed by atoms with van der Waals surface area (Å²) in [6.07, 6.45) is 4.02. The average Bonchev–Trinajstić information content (AvgIpc) is 2.99. The molecule has 0 saturated heterocycles. The number of nitrogens with zero attached hydrogens (tertiary/aromatic N) is 3. The summed E-state index contributed by atoms with van der Waals surface area (Å²) in [5, 5.41) is 9.95. The molecule has 29 heavy (non-hydrogen) atoms. The zero-order valence-electron chi connectivity index (χ0n) is 17.9. The summed E-state index contributed by atoms with van der Waals surface area (Å²) in [5.41, 5.74) is 4.69. The maximum Gasteiger partial charge on any atom is 0.338 e. The number of benzene rings is 1. The van der Waals surface area contributed by atoms with Crippen LogP contribution in [0, 0.1) is 13.8 Å². The number of aromatic nitrogens is 1. The number of nitrogens with one attached hydrogen (secondary N) is 1. The summed E-state index contributed by atoms with van der Waals surface area (Å²) in [7, 11) is 1.84. The normalized spacial score (nSPS) is 10.9. The first-order chi connectivity index (χ1) is 13.9. The van der Waals surface area contributed by atoms with E-state index in [0.29, 0.717) is 17.3 Å². The number of hydrazone groups is 1. The summed E-state index contributed by atoms with van der Waals surface area (Å²) in [4.78, 5) is 11.9. The molecule has 6 nitrogen and oxygen atoms in total. The fourth-order valence-corrected chi connectivity index (χ4v) is 3.11. The van der Waals surface area contributed by atoms with Gasteiger partial charge in [-0.25, -0.2) is 9.80 Å². The number of esters is 1. The van der Waals surface area contributed by atoms with Gasteiger partial charge >= 0.3 is 5.97 Å². The summed E-state index contributed by atoms with van der Waals surface area (Å²) < 4.78 is 7.18. The third-order valence-corrected chi connectivity index (χ3v) is 4.99. The summed E-state index contributed by atoms with van der Waals surface area (Å²) in [6, 6.07) is 9.50. The monoisotopic (exact) mass is 414 g/mol. The van der Waals surface area contributed by atoms with Crippen LogP contribution in [0.5, 0.6) is 0 Å². The molecule has 0 radical (unpaired) electrons. The lowest BCUT2D eigenvalue weighted by Gasteiger charge is -2.15. The summed E-state index contributed by atoms with van der Waals surface area (Å²) >= 11 is 5.36. The lowest BCUT2D eigenvalue weighted by Crippen LogP contribution is -2.34. The SMILES string of the molecule is CCCCNC(=S)N(C)N=Cc1cc(C)n(-c2ccc(C(=O)OCC)cc2)c1C. The predicted octanol–water partition coefficient (Wildman–Crippen LogP) is 4.21. The second-order valence-corrected chi connectivity index (χ2v) is 7.17. The second-order valence-electron chi connectivity index (χ2n) is 6.78. The maximum absolute atomic E-state index is 11.9. The van der Waals surface area contributed by atoms with Crippen molar-refractivity contribution in [1.29, 1.82) is 0 Å². The first-order valence-corrected chi connectivity index (χ1v) is 10.3. The number of aryl methyl sites for hydroxylation is 1. The van der Waals surface area contributed by atoms with Gasteiger partial charge in [0.05, 0.1) is 18.4 Å². The highest BCUT2D eigenvalue weighted by atomic mass is 32.1. The lowest BCUT2D eigenvalue weighted by atomic mass is 10.2. The van der Waals surface area contributed by atoms with Crippen LogP contribution < -0.4 is 5.32 Å². The number of ether oxygens (including phenoxy) is 1. The van der Waals surface area contributed by atoms with Crippen molar-refractivity contribution in [3.05, 3.63) is 52.8 Å². The Balaban J connectivity index is 2.15. The molecule has 2 aromatic rings. The van der Waals surface area contributed by atoms with E-state index in [1.807, 2.05) is 39.2 Å². The minimum atomic E-state index is -0.306. The van der Waals surface area contributed by atoms with Crippen LogP contribution in [0.25, 0.3) is 5.69 Å². The molecule has 0 aliphatic heterocycles. The van der Waals surface area contributed by atoms with E-state index in [-0.39, 0.29) is 5.97 Å². The van der Waals surface area contributed by atoms with Gasteiger partial charge in [0.1, 0.15) is 0 Å². The fraction of sp³-hybridized carbons (Fsp3) is 0.409. The smallest absolute Gasteiger partial charge is 0.338 e. The molecule has 1 aromatic heterocycles. The number of hydrogen-bond donors (Lipinski definition) is 1. The lowest BCUT2D eigenvalue weighted by molar-refractivity contribution is 0.0526. The van der Waals surface area contributed by atoms with Gasteiger partial charge in [-0.3, -0.25) is 0 Å². The van der Waals surface area contributed by atoms with E-state index in [2.05, 4.69) is 28.0 Å². The van der Waals surface area contributed by atoms with Crippen LogP contribution in [0.1, 0.15) is 54.0 Å². The zero-order valence-corrected chi connectivity index (χ0v) is 18.7. The van der Waals surface area contributed by atoms with Crippen molar-refractivity contribution in [3.63, 3.8) is 0 Å². The van der Waals surface area contributed by atoms with E-state index >= 15 is 0 Å². The molecule has 7 heteroatoms. The van der Waals surface area contributed by atoms with Crippen molar-refractivity contribution < 1.29 is 9.53 Å². The third-order valence-electron chi connectivity index (χ3n) is 4.58. The Morgan fingerprint density at radius 3 is 2.59 bits per heavy atom. The van der Waals surface area contributed by atoms with Crippen molar-refractivity contribution in [2.24, 2.45) is 5.10 Å². The minimum Gasteiger partial charge on any atom is -0.462 e. The van der Waals surface area contributed by atoms with Crippen LogP contribution in [-0.4, -0.2) is 47.1 Å². The summed E-state index contributed by atoms with van der Waals surface area (Å²) in [6.45, 7) is 9.26. The van der Waals surface area contributed by atoms with Gasteiger partial charge in [-0.1, -0.05) is 13.3 Å². The average molecular weight is 415 g/mol. The van der Waals surface area contributed by atoms with E-state index in [9.17, 15) is 4.79 Å². The van der Waals surface area contributed by atoms with Crippen LogP contribution >= 0.6 is 12.2 Å². The zero-order chi connectivity index (χ0) is 21.4. The largest absolute Gasteiger partial charge is 0.462 e. The first-order valence-electron chi connectivity index (χ1n) is 9.91. The Kier molecular flexibility index (Phi) is 8.39. The number of hydrogen-bond acceptors (Lipinski definition) is 4. The first kappa shape index (κ1) is 22.6. The number of carbonyl (C=O) groups is 1. The van der Waals surface area contributed by atoms with Gasteiger partial charge < -0.3 is 14.6 Å². The molecule has 1 N–H and O–H groups in total. The van der Waals surface area contributed by atoms with Crippen molar-refractivity contribution in [1.82, 2.24) is 14.9 Å². The molecule has 0 fully saturated rings. The van der Waals surface area contributed by atoms with Crippen molar-refractivity contribution in [3.8, 4) is 5.69 Å². The van der Waals surface area contributed by atoms with E-state index in [0.717, 1.165) is 42.0 Å². The number of rotatable bonds is 8. The molecular weight excluding hydrogens is 384 g/mol. The second kappa shape index (κ2) is 10.8. The Morgan fingerprint density at radius 1 is 1.28 bits per heavy atom. The van der Waals surface area contributed by atoms with Crippen molar-refractivity contribution in [2.75, 3.05) is 20.2 Å². The van der Waals surface area contributed by atoms with Gasteiger partial charge in [-0.2, -0.15) is 5.10 Å². The molecule has 2 rings (SSSR count). The molecule has 0 saturated carbocycles. The molecular formula is C22H30N4O2S. The van der Waals surface area contributed by atoms with E-state index < -0.39 is 0 Å². The van der Waals surface area contributed by atoms with Crippen molar-refractivity contribution >= 4 is 29.5 Å². The highest BCUT2D eigenvalue weighted by molar-refractivity contribution is 7.80. The van der Waals surface area contributed by atoms with Gasteiger partial charge in [0, 0.05) is 36.2 Å². The molecule has 1 heterocycles. The van der Waals surface area contributed by atoms with Gasteiger partial charge in [0.25, 0.3) is 0 Å². The van der Waals surface area contributed by atoms with Gasteiger partial charge in [0.15, 0.2) is 5.11 Å². The van der Waals surface area contributed by atoms with Gasteiger partial charge in [-0.15, -0.1) is 0 Å². The number of carbonyl (C=O) groups excluding carboxylic acids is 1. The van der Waals surface area contributed by atoms with E-state index in [1.54, 1.807) is 24.1 Å². The van der Waals surface area contributed by atoms with Crippen molar-refractivity contribution in [2.45, 2.75) is 40.5 Å². The molecule has 1 aromatic carbocycles. The summed E-state index contributed by atoms with van der Waals surface area (Å²) in [5.74, 6) is -0.306. The molecule has 156 valence electrons. The molecule has 0 aliphatic rings. The van der Waals surface area contributed by atoms with E-state index in [1.165, 1.54) is 0 Å². The number of thiocarbonyl (C=S) groups is 1. The predicted molar refractivity (Wildman–Crippen MR) is 122 cm³/mol. The van der Waals surface area contributed by atoms with Crippen LogP contribution in [0.2, 0.25) is 0 Å². The third kappa shape index (κ3) is 5.90. The van der Waals surface area contributed by atoms with E-state index in [4.69, 9.17) is 17.0 Å². The highest BCUT2D eigenvalue weighted by Gasteiger charge is 2.12. The Hall–Kier alpha value is -2.67. The van der Waals surface area contributed by atoms with Gasteiger partial charge in [0.2, 0.25) is 0 Å². The molecule has 0 unspecified atom stereocenters. The Morgan fingerprint density at radius 2 is 1.97 bits per heavy atom. The molecule has 0 aliphatic carbocycles. The Labute approximate surface area is 178 Å². The molecule has 0 spiro atoms. The standard InChI is InChI=1S/C22H30N4O2S/c1-6-8-13-23-22(29)25(5)24-15-19-14-16(3)26(17(19)4)20-11-9-18(10-12-20)21(27)28-7-2/h9-12,14-15H,6-8,13H2,1-5H3,(H,23,29). The highest BCUT2D eigenvalue weighted by Crippen LogP contribution is 2.20. The quantitative estimate of drug-likeness (QED) is 0.231. The molecule has 0 atom stereocenters. The number of unbranched alkanes of at least 4 members (excludes halogenated alkanes) is 1. The molecule has 0 amide bonds.